The highest BCUT2D eigenvalue weighted by atomic mass is 127. The van der Waals surface area contributed by atoms with Crippen molar-refractivity contribution in [3.8, 4) is 0 Å². The maximum atomic E-state index is 5.09. The molecule has 2 aliphatic rings. The molecule has 1 aromatic carbocycles. The number of benzene rings is 1. The predicted octanol–water partition coefficient (Wildman–Crippen LogP) is 5.01. The normalized spacial score (nSPS) is 29.9. The van der Waals surface area contributed by atoms with Crippen molar-refractivity contribution in [3.63, 3.8) is 0 Å². The number of fused-ring (bicyclic) bond motifs is 6. The molecule has 1 aromatic heterocycles. The third-order valence-corrected chi connectivity index (χ3v) is 7.57. The summed E-state index contributed by atoms with van der Waals surface area (Å²) in [6, 6.07) is 4.29. The fourth-order valence-electron chi connectivity index (χ4n) is 4.14. The molecule has 2 nitrogen and oxygen atoms in total. The van der Waals surface area contributed by atoms with Crippen LogP contribution in [0, 0.1) is 12.6 Å². The van der Waals surface area contributed by atoms with Gasteiger partial charge in [-0.1, -0.05) is 20.8 Å². The highest BCUT2D eigenvalue weighted by Gasteiger charge is 2.61. The Morgan fingerprint density at radius 3 is 2.30 bits per heavy atom. The first-order valence-electron chi connectivity index (χ1n) is 7.02. The summed E-state index contributed by atoms with van der Waals surface area (Å²) in [4.78, 5) is 10.2. The van der Waals surface area contributed by atoms with Crippen molar-refractivity contribution in [1.29, 1.82) is 0 Å². The van der Waals surface area contributed by atoms with Gasteiger partial charge < -0.3 is 0 Å². The smallest absolute Gasteiger partial charge is 0.103 e. The van der Waals surface area contributed by atoms with Crippen molar-refractivity contribution in [2.45, 2.75) is 44.9 Å². The standard InChI is InChI=1S/C16H16I2N2/c1-15(2)8-6-7-16(15,3)14-11(8)19-12-9(17)4-5-10(18)13(12)20-14/h4-5,8H,6-7H2,1-3H3/t8-,16+/m1/s1. The Morgan fingerprint density at radius 1 is 1.05 bits per heavy atom. The predicted molar refractivity (Wildman–Crippen MR) is 98.1 cm³/mol. The van der Waals surface area contributed by atoms with Gasteiger partial charge >= 0.3 is 0 Å². The van der Waals surface area contributed by atoms with Crippen LogP contribution < -0.4 is 0 Å². The van der Waals surface area contributed by atoms with Gasteiger partial charge in [0.05, 0.1) is 11.4 Å². The van der Waals surface area contributed by atoms with Crippen LogP contribution in [0.25, 0.3) is 11.0 Å². The third-order valence-electron chi connectivity index (χ3n) is 5.83. The van der Waals surface area contributed by atoms with Crippen LogP contribution in [-0.2, 0) is 5.41 Å². The van der Waals surface area contributed by atoms with Gasteiger partial charge in [-0.25, -0.2) is 9.97 Å². The van der Waals surface area contributed by atoms with E-state index in [1.165, 1.54) is 31.4 Å². The average molecular weight is 490 g/mol. The van der Waals surface area contributed by atoms with Crippen LogP contribution in [0.1, 0.15) is 50.9 Å². The van der Waals surface area contributed by atoms with E-state index < -0.39 is 0 Å². The highest BCUT2D eigenvalue weighted by Crippen LogP contribution is 2.66. The molecule has 20 heavy (non-hydrogen) atoms. The highest BCUT2D eigenvalue weighted by molar-refractivity contribution is 14.1. The number of rotatable bonds is 0. The second kappa shape index (κ2) is 4.06. The maximum Gasteiger partial charge on any atom is 0.103 e. The zero-order valence-electron chi connectivity index (χ0n) is 11.8. The molecule has 1 saturated carbocycles. The zero-order valence-corrected chi connectivity index (χ0v) is 16.1. The Balaban J connectivity index is 2.11. The lowest BCUT2D eigenvalue weighted by atomic mass is 9.70. The second-order valence-corrected chi connectivity index (χ2v) is 9.15. The summed E-state index contributed by atoms with van der Waals surface area (Å²) in [6.07, 6.45) is 2.51. The number of nitrogens with zero attached hydrogens (tertiary/aromatic N) is 2. The van der Waals surface area contributed by atoms with Crippen LogP contribution in [-0.4, -0.2) is 9.97 Å². The van der Waals surface area contributed by atoms with Crippen LogP contribution >= 0.6 is 45.2 Å². The topological polar surface area (TPSA) is 25.8 Å². The Bertz CT molecular complexity index is 754. The van der Waals surface area contributed by atoms with Crippen molar-refractivity contribution in [3.05, 3.63) is 30.7 Å². The van der Waals surface area contributed by atoms with E-state index >= 15 is 0 Å². The lowest BCUT2D eigenvalue weighted by molar-refractivity contribution is 0.227. The van der Waals surface area contributed by atoms with Crippen molar-refractivity contribution in [1.82, 2.24) is 9.97 Å². The lowest BCUT2D eigenvalue weighted by Gasteiger charge is -2.34. The summed E-state index contributed by atoms with van der Waals surface area (Å²) >= 11 is 4.75. The van der Waals surface area contributed by atoms with E-state index in [9.17, 15) is 0 Å². The molecule has 0 N–H and O–H groups in total. The van der Waals surface area contributed by atoms with E-state index in [2.05, 4.69) is 78.1 Å². The quantitative estimate of drug-likeness (QED) is 0.486. The Hall–Kier alpha value is 0.0200. The van der Waals surface area contributed by atoms with Gasteiger partial charge in [0, 0.05) is 18.5 Å². The molecule has 0 aliphatic heterocycles. The molecule has 2 aromatic rings. The Morgan fingerprint density at radius 2 is 1.65 bits per heavy atom. The molecular weight excluding hydrogens is 474 g/mol. The van der Waals surface area contributed by atoms with Crippen molar-refractivity contribution >= 4 is 56.2 Å². The van der Waals surface area contributed by atoms with E-state index in [4.69, 9.17) is 9.97 Å². The number of hydrogen-bond acceptors (Lipinski definition) is 2. The summed E-state index contributed by atoms with van der Waals surface area (Å²) in [7, 11) is 0. The minimum atomic E-state index is 0.193. The van der Waals surface area contributed by atoms with E-state index in [1.807, 2.05) is 0 Å². The summed E-state index contributed by atoms with van der Waals surface area (Å²) in [5, 5.41) is 0. The van der Waals surface area contributed by atoms with Crippen LogP contribution in [0.4, 0.5) is 0 Å². The largest absolute Gasteiger partial charge is 0.248 e. The van der Waals surface area contributed by atoms with Crippen molar-refractivity contribution < 1.29 is 0 Å². The van der Waals surface area contributed by atoms with Crippen LogP contribution in [0.5, 0.6) is 0 Å². The van der Waals surface area contributed by atoms with E-state index in [0.717, 1.165) is 11.0 Å². The zero-order chi connectivity index (χ0) is 14.3. The van der Waals surface area contributed by atoms with Gasteiger partial charge in [-0.3, -0.25) is 0 Å². The molecule has 104 valence electrons. The monoisotopic (exact) mass is 490 g/mol. The summed E-state index contributed by atoms with van der Waals surface area (Å²) in [6.45, 7) is 7.18. The molecule has 2 atom stereocenters. The molecule has 2 bridgehead atoms. The number of hydrogen-bond donors (Lipinski definition) is 0. The van der Waals surface area contributed by atoms with Crippen molar-refractivity contribution in [2.24, 2.45) is 5.41 Å². The van der Waals surface area contributed by atoms with Gasteiger partial charge in [-0.15, -0.1) is 0 Å². The van der Waals surface area contributed by atoms with E-state index in [-0.39, 0.29) is 10.8 Å². The summed E-state index contributed by atoms with van der Waals surface area (Å²) in [5.74, 6) is 0.577. The molecule has 0 unspecified atom stereocenters. The molecule has 1 heterocycles. The Kier molecular flexibility index (Phi) is 2.77. The molecular formula is C16H16I2N2. The molecule has 0 radical (unpaired) electrons. The van der Waals surface area contributed by atoms with Gasteiger partial charge in [-0.2, -0.15) is 0 Å². The van der Waals surface area contributed by atoms with Gasteiger partial charge in [0.25, 0.3) is 0 Å². The first-order chi connectivity index (χ1) is 9.36. The minimum Gasteiger partial charge on any atom is -0.248 e. The molecule has 0 saturated heterocycles. The fourth-order valence-corrected chi connectivity index (χ4v) is 5.25. The first kappa shape index (κ1) is 13.7. The molecule has 0 amide bonds. The van der Waals surface area contributed by atoms with E-state index in [1.54, 1.807) is 0 Å². The van der Waals surface area contributed by atoms with Gasteiger partial charge in [0.2, 0.25) is 0 Å². The number of halogens is 2. The second-order valence-electron chi connectivity index (χ2n) is 6.83. The summed E-state index contributed by atoms with van der Waals surface area (Å²) < 4.78 is 2.41. The minimum absolute atomic E-state index is 0.193. The van der Waals surface area contributed by atoms with E-state index in [0.29, 0.717) is 5.92 Å². The summed E-state index contributed by atoms with van der Waals surface area (Å²) in [5.41, 5.74) is 5.19. The number of aromatic nitrogens is 2. The van der Waals surface area contributed by atoms with Crippen LogP contribution in [0.2, 0.25) is 0 Å². The van der Waals surface area contributed by atoms with Crippen LogP contribution in [0.15, 0.2) is 12.1 Å². The molecule has 4 rings (SSSR count). The SMILES string of the molecule is CC1(C)[C@@H]2CC[C@@]1(C)c1nc3c(I)ccc(I)c3nc12. The first-order valence-corrected chi connectivity index (χ1v) is 9.18. The van der Waals surface area contributed by atoms with Gasteiger partial charge in [0.1, 0.15) is 11.0 Å². The fraction of sp³-hybridized carbons (Fsp3) is 0.500. The molecule has 0 spiro atoms. The average Bonchev–Trinajstić information content (AvgIpc) is 2.73. The third kappa shape index (κ3) is 1.45. The van der Waals surface area contributed by atoms with Crippen LogP contribution in [0.3, 0.4) is 0 Å². The van der Waals surface area contributed by atoms with Crippen molar-refractivity contribution in [2.75, 3.05) is 0 Å². The van der Waals surface area contributed by atoms with Gasteiger partial charge in [-0.05, 0) is 75.6 Å². The maximum absolute atomic E-state index is 5.09. The van der Waals surface area contributed by atoms with Gasteiger partial charge in [0.15, 0.2) is 0 Å². The Labute approximate surface area is 146 Å². The molecule has 2 aliphatic carbocycles. The molecule has 1 fully saturated rings. The lowest BCUT2D eigenvalue weighted by Crippen LogP contribution is -2.32. The molecule has 4 heteroatoms.